The normalized spacial score (nSPS) is 17.5. The van der Waals surface area contributed by atoms with Gasteiger partial charge in [0.2, 0.25) is 10.0 Å². The number of aryl methyl sites for hydroxylation is 1. The van der Waals surface area contributed by atoms with Crippen LogP contribution in [0.2, 0.25) is 0 Å². The third-order valence-corrected chi connectivity index (χ3v) is 6.63. The molecule has 168 valence electrons. The molecule has 2 aromatic rings. The Kier molecular flexibility index (Phi) is 6.65. The first kappa shape index (κ1) is 23.1. The fourth-order valence-electron chi connectivity index (χ4n) is 3.60. The van der Waals surface area contributed by atoms with Gasteiger partial charge in [0, 0.05) is 6.04 Å². The number of sulfonamides is 1. The van der Waals surface area contributed by atoms with Crippen molar-refractivity contribution in [2.45, 2.75) is 58.1 Å². The van der Waals surface area contributed by atoms with Crippen molar-refractivity contribution in [1.29, 1.82) is 0 Å². The molecule has 0 saturated carbocycles. The number of nitrogens with zero attached hydrogens (tertiary/aromatic N) is 1. The van der Waals surface area contributed by atoms with Gasteiger partial charge in [0.05, 0.1) is 18.5 Å². The van der Waals surface area contributed by atoms with Gasteiger partial charge in [-0.25, -0.2) is 8.42 Å². The highest BCUT2D eigenvalue weighted by molar-refractivity contribution is 7.92. The molecule has 0 saturated heterocycles. The number of anilines is 1. The summed E-state index contributed by atoms with van der Waals surface area (Å²) in [5.41, 5.74) is 2.56. The van der Waals surface area contributed by atoms with E-state index in [2.05, 4.69) is 38.2 Å². The van der Waals surface area contributed by atoms with E-state index in [-0.39, 0.29) is 23.9 Å². The third-order valence-electron chi connectivity index (χ3n) is 5.48. The van der Waals surface area contributed by atoms with E-state index in [1.807, 2.05) is 37.3 Å². The van der Waals surface area contributed by atoms with E-state index in [0.29, 0.717) is 11.4 Å². The molecular formula is C24H32N2O4S. The van der Waals surface area contributed by atoms with Gasteiger partial charge in [-0.3, -0.25) is 9.10 Å². The molecule has 0 unspecified atom stereocenters. The van der Waals surface area contributed by atoms with Crippen molar-refractivity contribution in [1.82, 2.24) is 5.32 Å². The van der Waals surface area contributed by atoms with Crippen molar-refractivity contribution < 1.29 is 17.9 Å². The Labute approximate surface area is 185 Å². The van der Waals surface area contributed by atoms with E-state index in [0.717, 1.165) is 24.7 Å². The second kappa shape index (κ2) is 8.91. The van der Waals surface area contributed by atoms with Crippen LogP contribution in [0.25, 0.3) is 0 Å². The molecule has 6 nitrogen and oxygen atoms in total. The first-order valence-electron chi connectivity index (χ1n) is 10.6. The molecule has 1 aliphatic rings. The maximum absolute atomic E-state index is 12.9. The van der Waals surface area contributed by atoms with Gasteiger partial charge in [-0.05, 0) is 48.4 Å². The van der Waals surface area contributed by atoms with E-state index in [1.54, 1.807) is 6.07 Å². The van der Waals surface area contributed by atoms with Gasteiger partial charge in [0.25, 0.3) is 5.91 Å². The number of carbonyl (C=O) groups is 1. The second-order valence-electron chi connectivity index (χ2n) is 9.27. The number of amides is 1. The van der Waals surface area contributed by atoms with Crippen molar-refractivity contribution in [2.75, 3.05) is 17.1 Å². The molecule has 1 N–H and O–H groups in total. The summed E-state index contributed by atoms with van der Waals surface area (Å²) in [7, 11) is -3.57. The zero-order valence-corrected chi connectivity index (χ0v) is 19.7. The van der Waals surface area contributed by atoms with Crippen LogP contribution in [0.4, 0.5) is 5.69 Å². The summed E-state index contributed by atoms with van der Waals surface area (Å²) in [6.45, 7) is 8.10. The predicted molar refractivity (Wildman–Crippen MR) is 124 cm³/mol. The van der Waals surface area contributed by atoms with E-state index in [4.69, 9.17) is 4.74 Å². The van der Waals surface area contributed by atoms with E-state index >= 15 is 0 Å². The van der Waals surface area contributed by atoms with Crippen molar-refractivity contribution in [3.05, 3.63) is 59.7 Å². The molecule has 0 radical (unpaired) electrons. The summed E-state index contributed by atoms with van der Waals surface area (Å²) < 4.78 is 32.2. The molecule has 1 aliphatic heterocycles. The summed E-state index contributed by atoms with van der Waals surface area (Å²) in [6.07, 6.45) is 1.89. The van der Waals surface area contributed by atoms with Gasteiger partial charge < -0.3 is 10.1 Å². The molecule has 31 heavy (non-hydrogen) atoms. The fourth-order valence-corrected chi connectivity index (χ4v) is 4.51. The molecule has 0 aromatic heterocycles. The van der Waals surface area contributed by atoms with Crippen LogP contribution in [0.3, 0.4) is 0 Å². The number of carbonyl (C=O) groups excluding carboxylic acids is 1. The lowest BCUT2D eigenvalue weighted by atomic mass is 9.86. The van der Waals surface area contributed by atoms with Crippen molar-refractivity contribution in [3.63, 3.8) is 0 Å². The highest BCUT2D eigenvalue weighted by atomic mass is 32.2. The first-order valence-corrected chi connectivity index (χ1v) is 12.4. The maximum atomic E-state index is 12.9. The minimum Gasteiger partial charge on any atom is -0.476 e. The first-order chi connectivity index (χ1) is 14.4. The summed E-state index contributed by atoms with van der Waals surface area (Å²) in [5.74, 6) is 0.0986. The van der Waals surface area contributed by atoms with Gasteiger partial charge in [0.1, 0.15) is 5.75 Å². The van der Waals surface area contributed by atoms with Crippen LogP contribution in [0, 0.1) is 0 Å². The summed E-state index contributed by atoms with van der Waals surface area (Å²) in [4.78, 5) is 12.9. The predicted octanol–water partition coefficient (Wildman–Crippen LogP) is 3.65. The molecule has 0 aliphatic carbocycles. The number of nitrogens with one attached hydrogen (secondary N) is 1. The molecule has 1 amide bonds. The van der Waals surface area contributed by atoms with Crippen LogP contribution in [0.5, 0.6) is 5.75 Å². The SMILES string of the molecule is C[C@H](CCc1ccccc1)NC(=O)[C@H]1CN(S(C)(=O)=O)c2cc(C(C)(C)C)ccc2O1. The standard InChI is InChI=1S/C24H32N2O4S/c1-17(11-12-18-9-7-6-8-10-18)25-23(27)22-16-26(31(5,28)29)20-15-19(24(2,3)4)13-14-21(20)30-22/h6-10,13-15,17,22H,11-12,16H2,1-5H3,(H,25,27)/t17-,22-/m1/s1. The molecule has 0 bridgehead atoms. The van der Waals surface area contributed by atoms with E-state index < -0.39 is 16.1 Å². The van der Waals surface area contributed by atoms with Crippen LogP contribution in [0.15, 0.2) is 48.5 Å². The number of ether oxygens (including phenoxy) is 1. The maximum Gasteiger partial charge on any atom is 0.263 e. The highest BCUT2D eigenvalue weighted by Gasteiger charge is 2.36. The topological polar surface area (TPSA) is 75.7 Å². The van der Waals surface area contributed by atoms with E-state index in [1.165, 1.54) is 9.87 Å². The average molecular weight is 445 g/mol. The highest BCUT2D eigenvalue weighted by Crippen LogP contribution is 2.38. The number of hydrogen-bond acceptors (Lipinski definition) is 4. The van der Waals surface area contributed by atoms with Crippen LogP contribution >= 0.6 is 0 Å². The summed E-state index contributed by atoms with van der Waals surface area (Å²) >= 11 is 0. The Morgan fingerprint density at radius 1 is 1.19 bits per heavy atom. The minimum atomic E-state index is -3.57. The fraction of sp³-hybridized carbons (Fsp3) is 0.458. The average Bonchev–Trinajstić information content (AvgIpc) is 2.70. The van der Waals surface area contributed by atoms with Gasteiger partial charge in [-0.1, -0.05) is 57.2 Å². The molecule has 3 rings (SSSR count). The summed E-state index contributed by atoms with van der Waals surface area (Å²) in [5, 5.41) is 2.97. The molecule has 2 atom stereocenters. The quantitative estimate of drug-likeness (QED) is 0.738. The smallest absolute Gasteiger partial charge is 0.263 e. The van der Waals surface area contributed by atoms with Gasteiger partial charge in [0.15, 0.2) is 6.10 Å². The van der Waals surface area contributed by atoms with Crippen LogP contribution < -0.4 is 14.4 Å². The van der Waals surface area contributed by atoms with Gasteiger partial charge in [-0.15, -0.1) is 0 Å². The third kappa shape index (κ3) is 5.79. The van der Waals surface area contributed by atoms with Crippen molar-refractivity contribution >= 4 is 21.6 Å². The van der Waals surface area contributed by atoms with E-state index in [9.17, 15) is 13.2 Å². The minimum absolute atomic E-state index is 0.0450. The lowest BCUT2D eigenvalue weighted by molar-refractivity contribution is -0.128. The van der Waals surface area contributed by atoms with Crippen LogP contribution in [-0.2, 0) is 26.7 Å². The molecular weight excluding hydrogens is 412 g/mol. The lowest BCUT2D eigenvalue weighted by Gasteiger charge is -2.35. The van der Waals surface area contributed by atoms with Crippen molar-refractivity contribution in [3.8, 4) is 5.75 Å². The largest absolute Gasteiger partial charge is 0.476 e. The molecule has 7 heteroatoms. The number of hydrogen-bond donors (Lipinski definition) is 1. The molecule has 2 aromatic carbocycles. The Balaban J connectivity index is 1.73. The number of benzene rings is 2. The monoisotopic (exact) mass is 444 g/mol. The lowest BCUT2D eigenvalue weighted by Crippen LogP contribution is -2.52. The van der Waals surface area contributed by atoms with Crippen molar-refractivity contribution in [2.24, 2.45) is 0 Å². The zero-order valence-electron chi connectivity index (χ0n) is 18.9. The number of fused-ring (bicyclic) bond motifs is 1. The Bertz CT molecular complexity index is 1030. The second-order valence-corrected chi connectivity index (χ2v) is 11.2. The molecule has 0 fully saturated rings. The molecule has 1 heterocycles. The number of rotatable bonds is 6. The Morgan fingerprint density at radius 2 is 1.87 bits per heavy atom. The zero-order chi connectivity index (χ0) is 22.8. The molecule has 0 spiro atoms. The Morgan fingerprint density at radius 3 is 2.48 bits per heavy atom. The van der Waals surface area contributed by atoms with Gasteiger partial charge in [-0.2, -0.15) is 0 Å². The Hall–Kier alpha value is -2.54. The summed E-state index contributed by atoms with van der Waals surface area (Å²) in [6, 6.07) is 15.5. The van der Waals surface area contributed by atoms with Crippen LogP contribution in [0.1, 0.15) is 45.2 Å². The van der Waals surface area contributed by atoms with Gasteiger partial charge >= 0.3 is 0 Å². The van der Waals surface area contributed by atoms with Crippen LogP contribution in [-0.4, -0.2) is 39.3 Å².